The maximum absolute atomic E-state index is 10.3. The van der Waals surface area contributed by atoms with Gasteiger partial charge < -0.3 is 20.6 Å². The van der Waals surface area contributed by atoms with Gasteiger partial charge in [-0.05, 0) is 43.4 Å². The summed E-state index contributed by atoms with van der Waals surface area (Å²) in [6.45, 7) is 6.27. The summed E-state index contributed by atoms with van der Waals surface area (Å²) in [5.41, 5.74) is 2.03. The van der Waals surface area contributed by atoms with Gasteiger partial charge >= 0.3 is 0 Å². The molecule has 1 aromatic heterocycles. The van der Waals surface area contributed by atoms with Crippen LogP contribution in [0.1, 0.15) is 43.4 Å². The number of hydrogen-bond acceptors (Lipinski definition) is 4. The average molecular weight is 382 g/mol. The Kier molecular flexibility index (Phi) is 7.67. The Morgan fingerprint density at radius 2 is 1.93 bits per heavy atom. The second kappa shape index (κ2) is 10.7. The molecule has 0 spiro atoms. The van der Waals surface area contributed by atoms with Gasteiger partial charge in [-0.3, -0.25) is 0 Å². The van der Waals surface area contributed by atoms with Gasteiger partial charge in [-0.2, -0.15) is 0 Å². The standard InChI is InChI=1S/C22H31N5O/c1-2-23-22(24-13-12-20(28)19-8-4-3-5-9-19)26-17-18-10-11-21(25-16-18)27-14-6-7-15-27/h3-5,8-11,16,20,28H,2,6-7,12-15,17H2,1H3,(H2,23,24,26). The van der Waals surface area contributed by atoms with Crippen LogP contribution in [0.25, 0.3) is 0 Å². The van der Waals surface area contributed by atoms with Crippen LogP contribution >= 0.6 is 0 Å². The Labute approximate surface area is 167 Å². The lowest BCUT2D eigenvalue weighted by Gasteiger charge is -2.16. The number of pyridine rings is 1. The third kappa shape index (κ3) is 5.96. The molecule has 1 aliphatic rings. The first-order valence-corrected chi connectivity index (χ1v) is 10.2. The monoisotopic (exact) mass is 381 g/mol. The van der Waals surface area contributed by atoms with E-state index in [0.717, 1.165) is 42.5 Å². The fourth-order valence-corrected chi connectivity index (χ4v) is 3.32. The van der Waals surface area contributed by atoms with E-state index in [1.807, 2.05) is 43.5 Å². The van der Waals surface area contributed by atoms with Gasteiger partial charge in [-0.25, -0.2) is 9.98 Å². The molecule has 0 saturated carbocycles. The predicted molar refractivity (Wildman–Crippen MR) is 115 cm³/mol. The molecule has 1 saturated heterocycles. The van der Waals surface area contributed by atoms with Crippen LogP contribution in [-0.2, 0) is 6.54 Å². The van der Waals surface area contributed by atoms with Crippen molar-refractivity contribution in [3.05, 3.63) is 59.8 Å². The van der Waals surface area contributed by atoms with Crippen LogP contribution in [0.2, 0.25) is 0 Å². The van der Waals surface area contributed by atoms with Gasteiger partial charge in [0.2, 0.25) is 0 Å². The summed E-state index contributed by atoms with van der Waals surface area (Å²) in [6, 6.07) is 13.9. The molecule has 150 valence electrons. The van der Waals surface area contributed by atoms with Crippen LogP contribution in [0.15, 0.2) is 53.7 Å². The van der Waals surface area contributed by atoms with Crippen LogP contribution in [0.4, 0.5) is 5.82 Å². The van der Waals surface area contributed by atoms with E-state index >= 15 is 0 Å². The molecule has 1 atom stereocenters. The Morgan fingerprint density at radius 1 is 1.14 bits per heavy atom. The quantitative estimate of drug-likeness (QED) is 0.484. The number of nitrogens with zero attached hydrogens (tertiary/aromatic N) is 3. The van der Waals surface area contributed by atoms with Crippen molar-refractivity contribution in [2.75, 3.05) is 31.1 Å². The van der Waals surface area contributed by atoms with Gasteiger partial charge in [0.25, 0.3) is 0 Å². The largest absolute Gasteiger partial charge is 0.388 e. The summed E-state index contributed by atoms with van der Waals surface area (Å²) >= 11 is 0. The van der Waals surface area contributed by atoms with Gasteiger partial charge in [0.05, 0.1) is 12.6 Å². The Hall–Kier alpha value is -2.60. The molecular formula is C22H31N5O. The van der Waals surface area contributed by atoms with Crippen LogP contribution in [0, 0.1) is 0 Å². The molecular weight excluding hydrogens is 350 g/mol. The van der Waals surface area contributed by atoms with Crippen molar-refractivity contribution in [1.29, 1.82) is 0 Å². The maximum Gasteiger partial charge on any atom is 0.191 e. The second-order valence-corrected chi connectivity index (χ2v) is 7.06. The normalized spacial score (nSPS) is 15.5. The molecule has 28 heavy (non-hydrogen) atoms. The average Bonchev–Trinajstić information content (AvgIpc) is 3.28. The summed E-state index contributed by atoms with van der Waals surface area (Å²) in [7, 11) is 0. The van der Waals surface area contributed by atoms with Crippen LogP contribution < -0.4 is 15.5 Å². The van der Waals surface area contributed by atoms with E-state index in [4.69, 9.17) is 0 Å². The van der Waals surface area contributed by atoms with Crippen LogP contribution in [0.5, 0.6) is 0 Å². The van der Waals surface area contributed by atoms with Gasteiger partial charge in [-0.1, -0.05) is 36.4 Å². The summed E-state index contributed by atoms with van der Waals surface area (Å²) in [4.78, 5) is 11.6. The topological polar surface area (TPSA) is 72.8 Å². The summed E-state index contributed by atoms with van der Waals surface area (Å²) in [5.74, 6) is 1.82. The van der Waals surface area contributed by atoms with Crippen molar-refractivity contribution in [2.45, 2.75) is 38.8 Å². The molecule has 1 unspecified atom stereocenters. The number of benzene rings is 1. The van der Waals surface area contributed by atoms with E-state index in [2.05, 4.69) is 37.6 Å². The number of hydrogen-bond donors (Lipinski definition) is 3. The zero-order valence-corrected chi connectivity index (χ0v) is 16.6. The maximum atomic E-state index is 10.3. The molecule has 0 radical (unpaired) electrons. The van der Waals surface area contributed by atoms with Crippen molar-refractivity contribution < 1.29 is 5.11 Å². The van der Waals surface area contributed by atoms with Gasteiger partial charge in [-0.15, -0.1) is 0 Å². The van der Waals surface area contributed by atoms with E-state index in [1.54, 1.807) is 0 Å². The number of rotatable bonds is 8. The molecule has 6 nitrogen and oxygen atoms in total. The minimum absolute atomic E-state index is 0.473. The minimum Gasteiger partial charge on any atom is -0.388 e. The number of aliphatic hydroxyl groups is 1. The van der Waals surface area contributed by atoms with E-state index in [-0.39, 0.29) is 0 Å². The fourth-order valence-electron chi connectivity index (χ4n) is 3.32. The smallest absolute Gasteiger partial charge is 0.191 e. The Bertz CT molecular complexity index is 726. The molecule has 2 heterocycles. The van der Waals surface area contributed by atoms with Gasteiger partial charge in [0.15, 0.2) is 5.96 Å². The number of guanidine groups is 1. The van der Waals surface area contributed by atoms with Crippen molar-refractivity contribution >= 4 is 11.8 Å². The lowest BCUT2D eigenvalue weighted by Crippen LogP contribution is -2.38. The molecule has 2 aromatic rings. The third-order valence-electron chi connectivity index (χ3n) is 4.90. The Morgan fingerprint density at radius 3 is 2.61 bits per heavy atom. The lowest BCUT2D eigenvalue weighted by molar-refractivity contribution is 0.168. The van der Waals surface area contributed by atoms with Crippen molar-refractivity contribution in [3.63, 3.8) is 0 Å². The van der Waals surface area contributed by atoms with E-state index in [1.165, 1.54) is 12.8 Å². The highest BCUT2D eigenvalue weighted by Crippen LogP contribution is 2.18. The number of aliphatic imine (C=N–C) groups is 1. The molecule has 6 heteroatoms. The molecule has 3 N–H and O–H groups in total. The fraction of sp³-hybridized carbons (Fsp3) is 0.455. The molecule has 0 bridgehead atoms. The van der Waals surface area contributed by atoms with E-state index < -0.39 is 6.10 Å². The second-order valence-electron chi connectivity index (χ2n) is 7.06. The van der Waals surface area contributed by atoms with E-state index in [0.29, 0.717) is 19.5 Å². The van der Waals surface area contributed by atoms with Gasteiger partial charge in [0, 0.05) is 32.4 Å². The predicted octanol–water partition coefficient (Wildman–Crippen LogP) is 2.86. The molecule has 0 aliphatic carbocycles. The number of nitrogens with one attached hydrogen (secondary N) is 2. The number of aromatic nitrogens is 1. The molecule has 0 amide bonds. The first-order valence-electron chi connectivity index (χ1n) is 10.2. The highest BCUT2D eigenvalue weighted by atomic mass is 16.3. The minimum atomic E-state index is -0.473. The zero-order valence-electron chi connectivity index (χ0n) is 16.6. The highest BCUT2D eigenvalue weighted by molar-refractivity contribution is 5.79. The summed E-state index contributed by atoms with van der Waals surface area (Å²) < 4.78 is 0. The Balaban J connectivity index is 1.49. The molecule has 1 fully saturated rings. The lowest BCUT2D eigenvalue weighted by atomic mass is 10.1. The molecule has 1 aliphatic heterocycles. The van der Waals surface area contributed by atoms with Crippen LogP contribution in [0.3, 0.4) is 0 Å². The van der Waals surface area contributed by atoms with E-state index in [9.17, 15) is 5.11 Å². The number of aliphatic hydroxyl groups excluding tert-OH is 1. The molecule has 1 aromatic carbocycles. The first-order chi connectivity index (χ1) is 13.8. The zero-order chi connectivity index (χ0) is 19.6. The van der Waals surface area contributed by atoms with Gasteiger partial charge in [0.1, 0.15) is 5.82 Å². The van der Waals surface area contributed by atoms with Crippen molar-refractivity contribution in [1.82, 2.24) is 15.6 Å². The van der Waals surface area contributed by atoms with Crippen molar-refractivity contribution in [2.24, 2.45) is 4.99 Å². The summed E-state index contributed by atoms with van der Waals surface area (Å²) in [5, 5.41) is 16.8. The molecule has 3 rings (SSSR count). The summed E-state index contributed by atoms with van der Waals surface area (Å²) in [6.07, 6.45) is 4.58. The SMILES string of the molecule is CCNC(=NCc1ccc(N2CCCC2)nc1)NCCC(O)c1ccccc1. The van der Waals surface area contributed by atoms with Crippen molar-refractivity contribution in [3.8, 4) is 0 Å². The first kappa shape index (κ1) is 20.1. The number of anilines is 1. The van der Waals surface area contributed by atoms with Crippen LogP contribution in [-0.4, -0.2) is 42.2 Å². The third-order valence-corrected chi connectivity index (χ3v) is 4.90. The highest BCUT2D eigenvalue weighted by Gasteiger charge is 2.13.